The van der Waals surface area contributed by atoms with Crippen molar-refractivity contribution in [2.45, 2.75) is 38.5 Å². The van der Waals surface area contributed by atoms with E-state index in [9.17, 15) is 27.5 Å². The van der Waals surface area contributed by atoms with Crippen LogP contribution in [0.15, 0.2) is 22.7 Å². The fraction of sp³-hybridized carbons (Fsp3) is 0.400. The third-order valence-electron chi connectivity index (χ3n) is 3.16. The monoisotopic (exact) mass is 346 g/mol. The van der Waals surface area contributed by atoms with E-state index < -0.39 is 35.1 Å². The minimum absolute atomic E-state index is 0.0502. The third-order valence-corrected chi connectivity index (χ3v) is 3.16. The van der Waals surface area contributed by atoms with Crippen LogP contribution in [0.4, 0.5) is 17.6 Å². The van der Waals surface area contributed by atoms with E-state index in [1.54, 1.807) is 0 Å². The Hall–Kier alpha value is -2.29. The van der Waals surface area contributed by atoms with Gasteiger partial charge in [-0.1, -0.05) is 11.2 Å². The van der Waals surface area contributed by atoms with Crippen LogP contribution < -0.4 is 0 Å². The van der Waals surface area contributed by atoms with Crippen LogP contribution in [0.1, 0.15) is 42.9 Å². The minimum Gasteiger partial charge on any atom is -0.390 e. The summed E-state index contributed by atoms with van der Waals surface area (Å²) < 4.78 is 55.4. The van der Waals surface area contributed by atoms with Crippen LogP contribution in [0.5, 0.6) is 0 Å². The molecule has 2 rings (SSSR count). The van der Waals surface area contributed by atoms with Gasteiger partial charge in [-0.15, -0.1) is 0 Å². The zero-order valence-corrected chi connectivity index (χ0v) is 12.8. The van der Waals surface area contributed by atoms with Crippen molar-refractivity contribution in [1.82, 2.24) is 10.1 Å². The first kappa shape index (κ1) is 18.1. The maximum absolute atomic E-state index is 14.1. The summed E-state index contributed by atoms with van der Waals surface area (Å²) in [5.41, 5.74) is -1.33. The molecule has 0 aliphatic heterocycles. The molecule has 0 atom stereocenters. The summed E-state index contributed by atoms with van der Waals surface area (Å²) in [5.74, 6) is -3.41. The van der Waals surface area contributed by atoms with E-state index >= 15 is 0 Å². The lowest BCUT2D eigenvalue weighted by molar-refractivity contribution is -0.159. The second-order valence-corrected chi connectivity index (χ2v) is 5.85. The van der Waals surface area contributed by atoms with Crippen LogP contribution in [0.25, 0.3) is 11.4 Å². The molecule has 5 nitrogen and oxygen atoms in total. The summed E-state index contributed by atoms with van der Waals surface area (Å²) in [6, 6.07) is 3.23. The Bertz CT molecular complexity index is 748. The first-order chi connectivity index (χ1) is 11.0. The van der Waals surface area contributed by atoms with Crippen LogP contribution >= 0.6 is 0 Å². The fourth-order valence-electron chi connectivity index (χ4n) is 1.89. The van der Waals surface area contributed by atoms with Gasteiger partial charge in [0.25, 0.3) is 0 Å². The van der Waals surface area contributed by atoms with Crippen molar-refractivity contribution in [3.8, 4) is 11.4 Å². The van der Waals surface area contributed by atoms with Crippen LogP contribution in [0.2, 0.25) is 0 Å². The fourth-order valence-corrected chi connectivity index (χ4v) is 1.89. The smallest absolute Gasteiger partial charge is 0.390 e. The Balaban J connectivity index is 2.21. The standard InChI is InChI=1S/C15H14F4N2O3/c1-14(2,23)6-5-11(22)9-4-3-8(7-10(9)16)12-20-13(24-21-12)15(17,18)19/h3-4,7,23H,5-6H2,1-2H3. The molecule has 9 heteroatoms. The number of nitrogens with zero attached hydrogens (tertiary/aromatic N) is 2. The number of ketones is 1. The third kappa shape index (κ3) is 4.38. The average molecular weight is 346 g/mol. The highest BCUT2D eigenvalue weighted by molar-refractivity contribution is 5.96. The lowest BCUT2D eigenvalue weighted by Crippen LogP contribution is -2.20. The molecule has 0 aliphatic carbocycles. The van der Waals surface area contributed by atoms with E-state index in [1.165, 1.54) is 19.9 Å². The minimum atomic E-state index is -4.79. The van der Waals surface area contributed by atoms with Gasteiger partial charge in [-0.2, -0.15) is 18.2 Å². The van der Waals surface area contributed by atoms with Crippen molar-refractivity contribution in [3.05, 3.63) is 35.5 Å². The maximum atomic E-state index is 14.1. The van der Waals surface area contributed by atoms with Gasteiger partial charge in [0, 0.05) is 12.0 Å². The largest absolute Gasteiger partial charge is 0.471 e. The molecular weight excluding hydrogens is 332 g/mol. The zero-order valence-electron chi connectivity index (χ0n) is 12.8. The molecule has 0 aliphatic rings. The van der Waals surface area contributed by atoms with Crippen molar-refractivity contribution in [2.24, 2.45) is 0 Å². The number of halogens is 4. The molecule has 1 aromatic carbocycles. The van der Waals surface area contributed by atoms with E-state index in [2.05, 4.69) is 14.7 Å². The van der Waals surface area contributed by atoms with E-state index in [-0.39, 0.29) is 24.0 Å². The van der Waals surface area contributed by atoms with Crippen molar-refractivity contribution >= 4 is 5.78 Å². The molecule has 130 valence electrons. The van der Waals surface area contributed by atoms with Crippen molar-refractivity contribution < 1.29 is 32.0 Å². The number of aliphatic hydroxyl groups is 1. The first-order valence-corrected chi connectivity index (χ1v) is 6.94. The summed E-state index contributed by atoms with van der Waals surface area (Å²) in [5, 5.41) is 12.7. The van der Waals surface area contributed by atoms with Crippen LogP contribution in [0.3, 0.4) is 0 Å². The van der Waals surface area contributed by atoms with E-state index in [1.807, 2.05) is 0 Å². The number of benzene rings is 1. The van der Waals surface area contributed by atoms with Crippen LogP contribution in [-0.2, 0) is 6.18 Å². The predicted octanol–water partition coefficient (Wildman–Crippen LogP) is 3.63. The highest BCUT2D eigenvalue weighted by Gasteiger charge is 2.38. The predicted molar refractivity (Wildman–Crippen MR) is 74.6 cm³/mol. The lowest BCUT2D eigenvalue weighted by Gasteiger charge is -2.16. The van der Waals surface area contributed by atoms with Gasteiger partial charge in [0.1, 0.15) is 5.82 Å². The van der Waals surface area contributed by atoms with E-state index in [4.69, 9.17) is 0 Å². The van der Waals surface area contributed by atoms with Gasteiger partial charge >= 0.3 is 12.1 Å². The zero-order chi connectivity index (χ0) is 18.1. The Labute approximate surface area is 134 Å². The van der Waals surface area contributed by atoms with Gasteiger partial charge in [0.2, 0.25) is 5.82 Å². The van der Waals surface area contributed by atoms with Gasteiger partial charge in [-0.25, -0.2) is 4.39 Å². The summed E-state index contributed by atoms with van der Waals surface area (Å²) in [6.07, 6.45) is -4.72. The molecular formula is C15H14F4N2O3. The highest BCUT2D eigenvalue weighted by atomic mass is 19.4. The Morgan fingerprint density at radius 2 is 1.96 bits per heavy atom. The second-order valence-electron chi connectivity index (χ2n) is 5.85. The molecule has 0 unspecified atom stereocenters. The normalized spacial score (nSPS) is 12.5. The molecule has 0 amide bonds. The number of carbonyl (C=O) groups excluding carboxylic acids is 1. The second kappa shape index (κ2) is 6.31. The lowest BCUT2D eigenvalue weighted by atomic mass is 9.97. The molecule has 1 N–H and O–H groups in total. The number of rotatable bonds is 5. The number of Topliss-reactive ketones (excluding diaryl/α,β-unsaturated/α-hetero) is 1. The Morgan fingerprint density at radius 3 is 2.46 bits per heavy atom. The summed E-state index contributed by atoms with van der Waals surface area (Å²) in [4.78, 5) is 15.1. The molecule has 0 fully saturated rings. The molecule has 24 heavy (non-hydrogen) atoms. The van der Waals surface area contributed by atoms with Crippen LogP contribution in [-0.4, -0.2) is 26.6 Å². The van der Waals surface area contributed by atoms with Gasteiger partial charge in [0.15, 0.2) is 5.78 Å². The molecule has 0 bridgehead atoms. The number of alkyl halides is 3. The summed E-state index contributed by atoms with van der Waals surface area (Å²) in [7, 11) is 0. The van der Waals surface area contributed by atoms with Crippen molar-refractivity contribution in [1.29, 1.82) is 0 Å². The summed E-state index contributed by atoms with van der Waals surface area (Å²) in [6.45, 7) is 3.04. The average Bonchev–Trinajstić information content (AvgIpc) is 2.93. The van der Waals surface area contributed by atoms with Crippen molar-refractivity contribution in [2.75, 3.05) is 0 Å². The number of carbonyl (C=O) groups is 1. The molecule has 1 aromatic heterocycles. The van der Waals surface area contributed by atoms with Gasteiger partial charge in [-0.3, -0.25) is 4.79 Å². The highest BCUT2D eigenvalue weighted by Crippen LogP contribution is 2.30. The molecule has 0 saturated carbocycles. The topological polar surface area (TPSA) is 76.2 Å². The van der Waals surface area contributed by atoms with Gasteiger partial charge in [-0.05, 0) is 32.4 Å². The quantitative estimate of drug-likeness (QED) is 0.661. The SMILES string of the molecule is CC(C)(O)CCC(=O)c1ccc(-c2noc(C(F)(F)F)n2)cc1F. The Morgan fingerprint density at radius 1 is 1.29 bits per heavy atom. The molecule has 1 heterocycles. The molecule has 0 saturated heterocycles. The first-order valence-electron chi connectivity index (χ1n) is 6.94. The molecule has 0 radical (unpaired) electrons. The summed E-state index contributed by atoms with van der Waals surface area (Å²) >= 11 is 0. The number of aromatic nitrogens is 2. The Kier molecular flexibility index (Phi) is 4.75. The van der Waals surface area contributed by atoms with Gasteiger partial charge < -0.3 is 9.63 Å². The number of hydrogen-bond acceptors (Lipinski definition) is 5. The van der Waals surface area contributed by atoms with E-state index in [0.717, 1.165) is 12.1 Å². The van der Waals surface area contributed by atoms with Crippen molar-refractivity contribution in [3.63, 3.8) is 0 Å². The molecule has 0 spiro atoms. The number of hydrogen-bond donors (Lipinski definition) is 1. The van der Waals surface area contributed by atoms with Gasteiger partial charge in [0.05, 0.1) is 11.2 Å². The molecule has 2 aromatic rings. The van der Waals surface area contributed by atoms with Crippen LogP contribution in [0, 0.1) is 5.82 Å². The maximum Gasteiger partial charge on any atom is 0.471 e. The van der Waals surface area contributed by atoms with E-state index in [0.29, 0.717) is 0 Å².